The average Bonchev–Trinajstić information content (AvgIpc) is 2.63. The first-order chi connectivity index (χ1) is 12.1. The molecule has 0 amide bonds. The molecular formula is C19H26ClIN4O. The van der Waals surface area contributed by atoms with Gasteiger partial charge in [-0.15, -0.1) is 24.0 Å². The number of aliphatic imine (C=N–C) groups is 1. The highest BCUT2D eigenvalue weighted by Crippen LogP contribution is 2.18. The fourth-order valence-corrected chi connectivity index (χ4v) is 2.56. The molecule has 0 aliphatic heterocycles. The Hall–Kier alpha value is -1.54. The molecule has 0 spiro atoms. The number of benzene rings is 1. The van der Waals surface area contributed by atoms with E-state index in [1.807, 2.05) is 13.0 Å². The molecule has 0 unspecified atom stereocenters. The molecule has 0 saturated carbocycles. The zero-order chi connectivity index (χ0) is 18.1. The van der Waals surface area contributed by atoms with Crippen molar-refractivity contribution < 1.29 is 4.74 Å². The molecule has 26 heavy (non-hydrogen) atoms. The Labute approximate surface area is 177 Å². The van der Waals surface area contributed by atoms with Crippen LogP contribution in [0.2, 0.25) is 5.15 Å². The second kappa shape index (κ2) is 12.0. The van der Waals surface area contributed by atoms with E-state index in [1.54, 1.807) is 26.4 Å². The number of aromatic nitrogens is 1. The normalized spacial score (nSPS) is 10.8. The molecule has 1 heterocycles. The maximum atomic E-state index is 5.79. The molecule has 2 rings (SSSR count). The van der Waals surface area contributed by atoms with Crippen LogP contribution in [0.3, 0.4) is 0 Å². The van der Waals surface area contributed by atoms with Crippen molar-refractivity contribution in [3.63, 3.8) is 0 Å². The van der Waals surface area contributed by atoms with Crippen molar-refractivity contribution >= 4 is 41.5 Å². The highest BCUT2D eigenvalue weighted by molar-refractivity contribution is 14.0. The van der Waals surface area contributed by atoms with Crippen LogP contribution >= 0.6 is 35.6 Å². The molecule has 2 N–H and O–H groups in total. The van der Waals surface area contributed by atoms with Crippen LogP contribution in [0.4, 0.5) is 0 Å². The van der Waals surface area contributed by atoms with Crippen LogP contribution in [0.15, 0.2) is 41.5 Å². The molecule has 0 atom stereocenters. The molecule has 5 nitrogen and oxygen atoms in total. The summed E-state index contributed by atoms with van der Waals surface area (Å²) in [7, 11) is 3.47. The number of rotatable bonds is 7. The average molecular weight is 489 g/mol. The van der Waals surface area contributed by atoms with Crippen molar-refractivity contribution in [2.45, 2.75) is 19.8 Å². The van der Waals surface area contributed by atoms with Gasteiger partial charge in [-0.2, -0.15) is 0 Å². The number of aryl methyl sites for hydroxylation is 1. The summed E-state index contributed by atoms with van der Waals surface area (Å²) in [5.41, 5.74) is 3.52. The van der Waals surface area contributed by atoms with Crippen LogP contribution in [-0.2, 0) is 12.8 Å². The van der Waals surface area contributed by atoms with E-state index < -0.39 is 0 Å². The van der Waals surface area contributed by atoms with Gasteiger partial charge in [0.15, 0.2) is 5.96 Å². The molecule has 0 saturated heterocycles. The van der Waals surface area contributed by atoms with Crippen molar-refractivity contribution in [1.29, 1.82) is 0 Å². The van der Waals surface area contributed by atoms with E-state index in [9.17, 15) is 0 Å². The lowest BCUT2D eigenvalue weighted by Gasteiger charge is -2.12. The summed E-state index contributed by atoms with van der Waals surface area (Å²) in [5.74, 6) is 1.72. The minimum Gasteiger partial charge on any atom is -0.496 e. The predicted octanol–water partition coefficient (Wildman–Crippen LogP) is 3.62. The van der Waals surface area contributed by atoms with E-state index in [0.717, 1.165) is 48.8 Å². The highest BCUT2D eigenvalue weighted by Gasteiger charge is 2.02. The van der Waals surface area contributed by atoms with E-state index >= 15 is 0 Å². The van der Waals surface area contributed by atoms with Gasteiger partial charge < -0.3 is 15.4 Å². The maximum Gasteiger partial charge on any atom is 0.190 e. The van der Waals surface area contributed by atoms with Gasteiger partial charge in [0, 0.05) is 26.3 Å². The summed E-state index contributed by atoms with van der Waals surface area (Å²) in [4.78, 5) is 8.33. The number of nitrogens with one attached hydrogen (secondary N) is 2. The Morgan fingerprint density at radius 2 is 1.77 bits per heavy atom. The quantitative estimate of drug-likeness (QED) is 0.270. The fraction of sp³-hybridized carbons (Fsp3) is 0.368. The second-order valence-corrected chi connectivity index (χ2v) is 6.11. The van der Waals surface area contributed by atoms with Gasteiger partial charge in [0.2, 0.25) is 0 Å². The minimum absolute atomic E-state index is 0. The molecule has 0 bridgehead atoms. The lowest BCUT2D eigenvalue weighted by Crippen LogP contribution is -2.39. The molecule has 1 aromatic carbocycles. The number of nitrogens with zero attached hydrogens (tertiary/aromatic N) is 2. The number of halogens is 2. The van der Waals surface area contributed by atoms with Crippen LogP contribution in [0.5, 0.6) is 5.75 Å². The number of guanidine groups is 1. The van der Waals surface area contributed by atoms with E-state index in [-0.39, 0.29) is 24.0 Å². The lowest BCUT2D eigenvalue weighted by atomic mass is 10.1. The predicted molar refractivity (Wildman–Crippen MR) is 119 cm³/mol. The van der Waals surface area contributed by atoms with Crippen molar-refractivity contribution in [3.8, 4) is 5.75 Å². The van der Waals surface area contributed by atoms with Gasteiger partial charge in [-0.1, -0.05) is 29.8 Å². The maximum absolute atomic E-state index is 5.79. The summed E-state index contributed by atoms with van der Waals surface area (Å²) in [6, 6.07) is 10.1. The van der Waals surface area contributed by atoms with Crippen LogP contribution in [0, 0.1) is 6.92 Å². The van der Waals surface area contributed by atoms with Gasteiger partial charge >= 0.3 is 0 Å². The molecule has 2 aromatic rings. The van der Waals surface area contributed by atoms with Gasteiger partial charge in [-0.25, -0.2) is 4.98 Å². The summed E-state index contributed by atoms with van der Waals surface area (Å²) in [6.07, 6.45) is 3.56. The molecule has 7 heteroatoms. The molecular weight excluding hydrogens is 463 g/mol. The Balaban J connectivity index is 0.00000338. The summed E-state index contributed by atoms with van der Waals surface area (Å²) < 4.78 is 5.37. The monoisotopic (exact) mass is 488 g/mol. The highest BCUT2D eigenvalue weighted by atomic mass is 127. The van der Waals surface area contributed by atoms with E-state index in [1.165, 1.54) is 5.56 Å². The standard InChI is InChI=1S/C19H25ClN4O.HI/c1-14-4-5-15(12-17(14)25-3)8-10-22-19(21-2)23-11-9-16-6-7-18(20)24-13-16;/h4-7,12-13H,8-11H2,1-3H3,(H2,21,22,23);1H. The first-order valence-corrected chi connectivity index (χ1v) is 8.68. The number of methoxy groups -OCH3 is 1. The molecule has 1 aromatic heterocycles. The fourth-order valence-electron chi connectivity index (χ4n) is 2.45. The van der Waals surface area contributed by atoms with Crippen LogP contribution in [-0.4, -0.2) is 38.2 Å². The Bertz CT molecular complexity index is 707. The van der Waals surface area contributed by atoms with Crippen molar-refractivity contribution in [1.82, 2.24) is 15.6 Å². The molecule has 0 aliphatic carbocycles. The summed E-state index contributed by atoms with van der Waals surface area (Å²) >= 11 is 5.79. The zero-order valence-corrected chi connectivity index (χ0v) is 18.5. The van der Waals surface area contributed by atoms with Gasteiger partial charge in [0.05, 0.1) is 7.11 Å². The third-order valence-electron chi connectivity index (χ3n) is 3.90. The number of hydrogen-bond acceptors (Lipinski definition) is 3. The van der Waals surface area contributed by atoms with Crippen molar-refractivity contribution in [2.24, 2.45) is 4.99 Å². The van der Waals surface area contributed by atoms with Crippen LogP contribution in [0.25, 0.3) is 0 Å². The minimum atomic E-state index is 0. The third-order valence-corrected chi connectivity index (χ3v) is 4.12. The molecule has 0 radical (unpaired) electrons. The van der Waals surface area contributed by atoms with E-state index in [0.29, 0.717) is 5.15 Å². The second-order valence-electron chi connectivity index (χ2n) is 5.72. The van der Waals surface area contributed by atoms with E-state index in [4.69, 9.17) is 16.3 Å². The summed E-state index contributed by atoms with van der Waals surface area (Å²) in [6.45, 7) is 3.62. The smallest absolute Gasteiger partial charge is 0.190 e. The number of ether oxygens (including phenoxy) is 1. The van der Waals surface area contributed by atoms with Gasteiger partial charge in [-0.05, 0) is 48.6 Å². The van der Waals surface area contributed by atoms with Gasteiger partial charge in [-0.3, -0.25) is 4.99 Å². The van der Waals surface area contributed by atoms with Gasteiger partial charge in [0.1, 0.15) is 10.9 Å². The van der Waals surface area contributed by atoms with Gasteiger partial charge in [0.25, 0.3) is 0 Å². The largest absolute Gasteiger partial charge is 0.496 e. The lowest BCUT2D eigenvalue weighted by molar-refractivity contribution is 0.411. The Kier molecular flexibility index (Phi) is 10.3. The SMILES string of the molecule is CN=C(NCCc1ccc(Cl)nc1)NCCc1ccc(C)c(OC)c1.I. The van der Waals surface area contributed by atoms with Crippen LogP contribution in [0.1, 0.15) is 16.7 Å². The Morgan fingerprint density at radius 1 is 1.12 bits per heavy atom. The Morgan fingerprint density at radius 3 is 2.35 bits per heavy atom. The van der Waals surface area contributed by atoms with E-state index in [2.05, 4.69) is 38.8 Å². The number of hydrogen-bond donors (Lipinski definition) is 2. The molecule has 0 fully saturated rings. The summed E-state index contributed by atoms with van der Waals surface area (Å²) in [5, 5.41) is 7.15. The zero-order valence-electron chi connectivity index (χ0n) is 15.4. The molecule has 0 aliphatic rings. The first-order valence-electron chi connectivity index (χ1n) is 8.31. The van der Waals surface area contributed by atoms with Crippen molar-refractivity contribution in [3.05, 3.63) is 58.4 Å². The third kappa shape index (κ3) is 7.37. The number of pyridine rings is 1. The molecule has 142 valence electrons. The van der Waals surface area contributed by atoms with Crippen molar-refractivity contribution in [2.75, 3.05) is 27.2 Å². The van der Waals surface area contributed by atoms with Crippen LogP contribution < -0.4 is 15.4 Å². The topological polar surface area (TPSA) is 58.5 Å². The first kappa shape index (κ1) is 22.5.